The molecule has 0 saturated carbocycles. The molecule has 3 heterocycles. The van der Waals surface area contributed by atoms with Gasteiger partial charge in [0, 0.05) is 34.3 Å². The Morgan fingerprint density at radius 2 is 2.25 bits per heavy atom. The van der Waals surface area contributed by atoms with Crippen LogP contribution in [-0.2, 0) is 0 Å². The van der Waals surface area contributed by atoms with Gasteiger partial charge in [-0.15, -0.1) is 11.8 Å². The van der Waals surface area contributed by atoms with Gasteiger partial charge in [0.2, 0.25) is 0 Å². The molecule has 122 valence electrons. The zero-order chi connectivity index (χ0) is 16.5. The van der Waals surface area contributed by atoms with Crippen molar-refractivity contribution in [3.05, 3.63) is 53.9 Å². The minimum absolute atomic E-state index is 0.0618. The van der Waals surface area contributed by atoms with E-state index in [-0.39, 0.29) is 11.9 Å². The summed E-state index contributed by atoms with van der Waals surface area (Å²) in [6.45, 7) is 0. The molecule has 1 aromatic carbocycles. The second-order valence-electron chi connectivity index (χ2n) is 5.90. The average molecular weight is 338 g/mol. The first-order valence-electron chi connectivity index (χ1n) is 7.98. The highest BCUT2D eigenvalue weighted by atomic mass is 32.2. The molecule has 0 unspecified atom stereocenters. The van der Waals surface area contributed by atoms with E-state index in [9.17, 15) is 4.79 Å². The number of rotatable bonds is 2. The largest absolute Gasteiger partial charge is 0.346 e. The molecule has 2 aromatic heterocycles. The van der Waals surface area contributed by atoms with Crippen LogP contribution in [-0.4, -0.2) is 21.6 Å². The molecule has 0 radical (unpaired) electrons. The molecule has 3 aromatic rings. The van der Waals surface area contributed by atoms with Gasteiger partial charge in [0.15, 0.2) is 0 Å². The molecule has 1 aliphatic heterocycles. The van der Waals surface area contributed by atoms with Crippen LogP contribution in [0.25, 0.3) is 11.0 Å². The molecular weight excluding hydrogens is 320 g/mol. The Morgan fingerprint density at radius 1 is 1.33 bits per heavy atom. The number of hydrogen-bond donors (Lipinski definition) is 3. The van der Waals surface area contributed by atoms with Crippen LogP contribution in [0.3, 0.4) is 0 Å². The van der Waals surface area contributed by atoms with E-state index in [2.05, 4.69) is 15.3 Å². The molecule has 5 nitrogen and oxygen atoms in total. The first-order chi connectivity index (χ1) is 11.7. The summed E-state index contributed by atoms with van der Waals surface area (Å²) in [6.07, 6.45) is 5.59. The van der Waals surface area contributed by atoms with E-state index in [1.54, 1.807) is 18.0 Å². The number of nitrogens with two attached hydrogens (primary N) is 1. The Bertz CT molecular complexity index is 905. The Morgan fingerprint density at radius 3 is 3.17 bits per heavy atom. The number of thioether (sulfide) groups is 1. The number of fused-ring (bicyclic) bond motifs is 2. The average Bonchev–Trinajstić information content (AvgIpc) is 3.00. The Labute approximate surface area is 144 Å². The van der Waals surface area contributed by atoms with Crippen molar-refractivity contribution in [1.29, 1.82) is 0 Å². The van der Waals surface area contributed by atoms with Crippen LogP contribution in [0.1, 0.15) is 34.8 Å². The number of nitrogens with zero attached hydrogens (tertiary/aromatic N) is 1. The van der Waals surface area contributed by atoms with E-state index in [0.717, 1.165) is 45.8 Å². The molecule has 6 heteroatoms. The zero-order valence-electron chi connectivity index (χ0n) is 13.1. The minimum atomic E-state index is -0.120. The number of amides is 1. The third-order valence-corrected chi connectivity index (χ3v) is 5.46. The maximum absolute atomic E-state index is 12.7. The normalized spacial score (nSPS) is 17.3. The molecule has 0 bridgehead atoms. The van der Waals surface area contributed by atoms with Gasteiger partial charge in [-0.2, -0.15) is 0 Å². The van der Waals surface area contributed by atoms with Crippen LogP contribution in [0.5, 0.6) is 0 Å². The number of aromatic nitrogens is 2. The van der Waals surface area contributed by atoms with Crippen molar-refractivity contribution in [2.24, 2.45) is 5.73 Å². The number of carbonyl (C=O) groups excluding carboxylic acids is 1. The SMILES string of the molecule is N[C@@H]1CCCSc2cc(C(=O)Nc3ccnc4[nH]ccc34)ccc21. The number of hydrogen-bond acceptors (Lipinski definition) is 4. The van der Waals surface area contributed by atoms with Crippen molar-refractivity contribution in [3.8, 4) is 0 Å². The molecule has 0 spiro atoms. The van der Waals surface area contributed by atoms with Gasteiger partial charge < -0.3 is 16.0 Å². The van der Waals surface area contributed by atoms with Gasteiger partial charge in [0.25, 0.3) is 5.91 Å². The number of pyridine rings is 1. The number of anilines is 1. The van der Waals surface area contributed by atoms with E-state index in [0.29, 0.717) is 5.56 Å². The molecule has 1 aliphatic rings. The lowest BCUT2D eigenvalue weighted by atomic mass is 10.0. The second kappa shape index (κ2) is 6.30. The summed E-state index contributed by atoms with van der Waals surface area (Å²) in [4.78, 5) is 21.1. The van der Waals surface area contributed by atoms with Crippen LogP contribution >= 0.6 is 11.8 Å². The number of H-pyrrole nitrogens is 1. The smallest absolute Gasteiger partial charge is 0.255 e. The standard InChI is InChI=1S/C18H18N4OS/c19-14-2-1-9-24-16-10-11(3-4-12(14)16)18(23)22-15-6-8-21-17-13(15)5-7-20-17/h3-8,10,14H,1-2,9,19H2,(H2,20,21,22,23)/t14-/m1/s1. The van der Waals surface area contributed by atoms with Crippen LogP contribution in [0, 0.1) is 0 Å². The molecule has 0 fully saturated rings. The van der Waals surface area contributed by atoms with E-state index in [1.807, 2.05) is 36.5 Å². The number of carbonyl (C=O) groups is 1. The molecule has 4 rings (SSSR count). The predicted octanol–water partition coefficient (Wildman–Crippen LogP) is 3.70. The molecule has 24 heavy (non-hydrogen) atoms. The van der Waals surface area contributed by atoms with Crippen molar-refractivity contribution < 1.29 is 4.79 Å². The van der Waals surface area contributed by atoms with Gasteiger partial charge in [-0.3, -0.25) is 4.79 Å². The van der Waals surface area contributed by atoms with E-state index >= 15 is 0 Å². The van der Waals surface area contributed by atoms with E-state index in [1.165, 1.54) is 0 Å². The molecule has 4 N–H and O–H groups in total. The molecule has 0 saturated heterocycles. The summed E-state index contributed by atoms with van der Waals surface area (Å²) in [6, 6.07) is 9.58. The highest BCUT2D eigenvalue weighted by Gasteiger charge is 2.18. The number of benzene rings is 1. The maximum Gasteiger partial charge on any atom is 0.255 e. The second-order valence-corrected chi connectivity index (χ2v) is 7.04. The third kappa shape index (κ3) is 2.79. The van der Waals surface area contributed by atoms with Crippen molar-refractivity contribution in [1.82, 2.24) is 9.97 Å². The van der Waals surface area contributed by atoms with Crippen molar-refractivity contribution in [2.75, 3.05) is 11.1 Å². The van der Waals surface area contributed by atoms with Gasteiger partial charge >= 0.3 is 0 Å². The number of aromatic amines is 1. The summed E-state index contributed by atoms with van der Waals surface area (Å²) in [5.41, 5.74) is 9.53. The van der Waals surface area contributed by atoms with Crippen LogP contribution in [0.4, 0.5) is 5.69 Å². The summed E-state index contributed by atoms with van der Waals surface area (Å²) in [7, 11) is 0. The van der Waals surface area contributed by atoms with Gasteiger partial charge in [0.05, 0.1) is 5.69 Å². The Hall–Kier alpha value is -2.31. The predicted molar refractivity (Wildman–Crippen MR) is 97.4 cm³/mol. The summed E-state index contributed by atoms with van der Waals surface area (Å²) in [5, 5.41) is 3.88. The fourth-order valence-corrected chi connectivity index (χ4v) is 4.14. The summed E-state index contributed by atoms with van der Waals surface area (Å²) in [5.74, 6) is 0.921. The summed E-state index contributed by atoms with van der Waals surface area (Å²) >= 11 is 1.78. The van der Waals surface area contributed by atoms with Gasteiger partial charge in [0.1, 0.15) is 5.65 Å². The van der Waals surface area contributed by atoms with Gasteiger partial charge in [-0.25, -0.2) is 4.98 Å². The molecule has 1 atom stereocenters. The quantitative estimate of drug-likeness (QED) is 0.665. The number of nitrogens with one attached hydrogen (secondary N) is 2. The van der Waals surface area contributed by atoms with E-state index < -0.39 is 0 Å². The lowest BCUT2D eigenvalue weighted by molar-refractivity contribution is 0.102. The van der Waals surface area contributed by atoms with Gasteiger partial charge in [-0.1, -0.05) is 6.07 Å². The van der Waals surface area contributed by atoms with E-state index in [4.69, 9.17) is 5.73 Å². The maximum atomic E-state index is 12.7. The lowest BCUT2D eigenvalue weighted by Crippen LogP contribution is -2.14. The Balaban J connectivity index is 1.63. The monoisotopic (exact) mass is 338 g/mol. The molecule has 0 aliphatic carbocycles. The highest BCUT2D eigenvalue weighted by molar-refractivity contribution is 7.99. The Kier molecular flexibility index (Phi) is 4.00. The van der Waals surface area contributed by atoms with Crippen molar-refractivity contribution in [2.45, 2.75) is 23.8 Å². The fraction of sp³-hybridized carbons (Fsp3) is 0.222. The molecular formula is C18H18N4OS. The minimum Gasteiger partial charge on any atom is -0.346 e. The van der Waals surface area contributed by atoms with Gasteiger partial charge in [-0.05, 0) is 48.4 Å². The van der Waals surface area contributed by atoms with Crippen LogP contribution in [0.2, 0.25) is 0 Å². The van der Waals surface area contributed by atoms with Crippen LogP contribution in [0.15, 0.2) is 47.6 Å². The lowest BCUT2D eigenvalue weighted by Gasteiger charge is -2.13. The highest BCUT2D eigenvalue weighted by Crippen LogP contribution is 2.34. The first-order valence-corrected chi connectivity index (χ1v) is 8.97. The molecule has 1 amide bonds. The fourth-order valence-electron chi connectivity index (χ4n) is 3.01. The zero-order valence-corrected chi connectivity index (χ0v) is 13.9. The third-order valence-electron chi connectivity index (χ3n) is 4.30. The van der Waals surface area contributed by atoms with Crippen molar-refractivity contribution in [3.63, 3.8) is 0 Å². The topological polar surface area (TPSA) is 83.8 Å². The van der Waals surface area contributed by atoms with Crippen LogP contribution < -0.4 is 11.1 Å². The van der Waals surface area contributed by atoms with Crippen molar-refractivity contribution >= 4 is 34.4 Å². The summed E-state index contributed by atoms with van der Waals surface area (Å²) < 4.78 is 0. The first kappa shape index (κ1) is 15.2.